The van der Waals surface area contributed by atoms with Gasteiger partial charge in [0.25, 0.3) is 5.56 Å². The zero-order valence-electron chi connectivity index (χ0n) is 21.4. The van der Waals surface area contributed by atoms with E-state index >= 15 is 0 Å². The van der Waals surface area contributed by atoms with E-state index in [9.17, 15) is 9.59 Å². The molecule has 0 spiro atoms. The SMILES string of the molecule is COc1cnc(-c2cccc3c(Cl)c([C@H](C)Nc4ncnc5[nH]ccc(=O)c45)n(-c4ccccc4)c(=O)c23)cn1. The number of halogens is 1. The number of hydrogen-bond acceptors (Lipinski definition) is 8. The molecule has 0 saturated carbocycles. The first-order valence-corrected chi connectivity index (χ1v) is 12.7. The number of anilines is 1. The van der Waals surface area contributed by atoms with Gasteiger partial charge in [0.05, 0.1) is 47.3 Å². The van der Waals surface area contributed by atoms with Gasteiger partial charge >= 0.3 is 0 Å². The molecule has 198 valence electrons. The topological polar surface area (TPSA) is 128 Å². The molecule has 2 N–H and O–H groups in total. The molecule has 11 heteroatoms. The molecule has 6 rings (SSSR count). The number of nitrogens with zero attached hydrogens (tertiary/aromatic N) is 5. The molecule has 0 aliphatic carbocycles. The molecule has 0 amide bonds. The van der Waals surface area contributed by atoms with Gasteiger partial charge in [-0.15, -0.1) is 0 Å². The lowest BCUT2D eigenvalue weighted by Crippen LogP contribution is -2.27. The van der Waals surface area contributed by atoms with E-state index in [1.807, 2.05) is 49.4 Å². The van der Waals surface area contributed by atoms with Crippen LogP contribution in [-0.4, -0.2) is 36.6 Å². The first kappa shape index (κ1) is 25.2. The zero-order valence-corrected chi connectivity index (χ0v) is 22.2. The van der Waals surface area contributed by atoms with Crippen LogP contribution in [0.1, 0.15) is 18.7 Å². The van der Waals surface area contributed by atoms with Crippen LogP contribution in [0.3, 0.4) is 0 Å². The Morgan fingerprint density at radius 2 is 1.77 bits per heavy atom. The van der Waals surface area contributed by atoms with Gasteiger partial charge in [-0.1, -0.05) is 48.0 Å². The predicted octanol–water partition coefficient (Wildman–Crippen LogP) is 4.91. The van der Waals surface area contributed by atoms with E-state index in [4.69, 9.17) is 16.3 Å². The van der Waals surface area contributed by atoms with Crippen LogP contribution in [0.25, 0.3) is 38.8 Å². The van der Waals surface area contributed by atoms with Crippen molar-refractivity contribution in [3.05, 3.63) is 111 Å². The highest BCUT2D eigenvalue weighted by molar-refractivity contribution is 6.36. The highest BCUT2D eigenvalue weighted by Gasteiger charge is 2.24. The highest BCUT2D eigenvalue weighted by Crippen LogP contribution is 2.36. The van der Waals surface area contributed by atoms with E-state index in [2.05, 4.69) is 30.2 Å². The smallest absolute Gasteiger partial charge is 0.264 e. The summed E-state index contributed by atoms with van der Waals surface area (Å²) in [6, 6.07) is 15.5. The molecule has 6 aromatic rings. The van der Waals surface area contributed by atoms with Crippen LogP contribution in [0, 0.1) is 0 Å². The lowest BCUT2D eigenvalue weighted by atomic mass is 10.0. The molecule has 2 aromatic carbocycles. The summed E-state index contributed by atoms with van der Waals surface area (Å²) in [5.41, 5.74) is 2.10. The third-order valence-corrected chi connectivity index (χ3v) is 7.02. The van der Waals surface area contributed by atoms with Gasteiger partial charge in [-0.3, -0.25) is 14.2 Å². The van der Waals surface area contributed by atoms with Crippen molar-refractivity contribution in [2.75, 3.05) is 12.4 Å². The summed E-state index contributed by atoms with van der Waals surface area (Å²) >= 11 is 7.13. The van der Waals surface area contributed by atoms with Crippen LogP contribution in [0.15, 0.2) is 89.1 Å². The second-order valence-electron chi connectivity index (χ2n) is 9.00. The van der Waals surface area contributed by atoms with Crippen molar-refractivity contribution in [1.82, 2.24) is 29.5 Å². The molecule has 0 bridgehead atoms. The molecule has 4 aromatic heterocycles. The summed E-state index contributed by atoms with van der Waals surface area (Å²) in [5, 5.41) is 4.93. The molecule has 0 fully saturated rings. The molecule has 0 aliphatic rings. The minimum atomic E-state index is -0.549. The van der Waals surface area contributed by atoms with Crippen molar-refractivity contribution in [3.63, 3.8) is 0 Å². The number of H-pyrrole nitrogens is 1. The number of methoxy groups -OCH3 is 1. The van der Waals surface area contributed by atoms with E-state index < -0.39 is 6.04 Å². The van der Waals surface area contributed by atoms with Gasteiger partial charge in [0.2, 0.25) is 5.88 Å². The maximum Gasteiger partial charge on any atom is 0.264 e. The Morgan fingerprint density at radius 3 is 2.52 bits per heavy atom. The van der Waals surface area contributed by atoms with E-state index in [0.29, 0.717) is 61.2 Å². The minimum Gasteiger partial charge on any atom is -0.480 e. The Kier molecular flexibility index (Phi) is 6.45. The number of pyridine rings is 2. The van der Waals surface area contributed by atoms with E-state index in [1.165, 1.54) is 31.9 Å². The van der Waals surface area contributed by atoms with Gasteiger partial charge in [0.1, 0.15) is 23.2 Å². The number of rotatable bonds is 6. The Balaban J connectivity index is 1.60. The second-order valence-corrected chi connectivity index (χ2v) is 9.38. The summed E-state index contributed by atoms with van der Waals surface area (Å²) in [4.78, 5) is 47.2. The monoisotopic (exact) mass is 551 g/mol. The highest BCUT2D eigenvalue weighted by atomic mass is 35.5. The fourth-order valence-electron chi connectivity index (χ4n) is 4.81. The summed E-state index contributed by atoms with van der Waals surface area (Å²) in [6.07, 6.45) is 5.95. The van der Waals surface area contributed by atoms with Gasteiger partial charge in [-0.05, 0) is 19.1 Å². The predicted molar refractivity (Wildman–Crippen MR) is 154 cm³/mol. The maximum atomic E-state index is 14.4. The van der Waals surface area contributed by atoms with Crippen LogP contribution in [0.4, 0.5) is 5.82 Å². The van der Waals surface area contributed by atoms with Gasteiger partial charge in [0.15, 0.2) is 5.43 Å². The van der Waals surface area contributed by atoms with Crippen LogP contribution in [-0.2, 0) is 0 Å². The normalized spacial score (nSPS) is 12.0. The number of benzene rings is 2. The first-order valence-electron chi connectivity index (χ1n) is 12.4. The van der Waals surface area contributed by atoms with Crippen LogP contribution >= 0.6 is 11.6 Å². The van der Waals surface area contributed by atoms with Gasteiger partial charge in [-0.25, -0.2) is 19.9 Å². The van der Waals surface area contributed by atoms with Gasteiger partial charge in [-0.2, -0.15) is 0 Å². The van der Waals surface area contributed by atoms with Crippen LogP contribution < -0.4 is 21.0 Å². The molecule has 0 radical (unpaired) electrons. The first-order chi connectivity index (χ1) is 19.5. The number of para-hydroxylation sites is 1. The number of ether oxygens (including phenoxy) is 1. The molecule has 0 aliphatic heterocycles. The largest absolute Gasteiger partial charge is 0.480 e. The Morgan fingerprint density at radius 1 is 0.950 bits per heavy atom. The minimum absolute atomic E-state index is 0.237. The number of aromatic amines is 1. The summed E-state index contributed by atoms with van der Waals surface area (Å²) in [6.45, 7) is 1.86. The Bertz CT molecular complexity index is 1990. The Hall–Kier alpha value is -5.09. The van der Waals surface area contributed by atoms with Crippen molar-refractivity contribution in [1.29, 1.82) is 0 Å². The van der Waals surface area contributed by atoms with Crippen molar-refractivity contribution < 1.29 is 4.74 Å². The summed E-state index contributed by atoms with van der Waals surface area (Å²) in [7, 11) is 1.51. The number of nitrogens with one attached hydrogen (secondary N) is 2. The maximum absolute atomic E-state index is 14.4. The summed E-state index contributed by atoms with van der Waals surface area (Å²) < 4.78 is 6.72. The third kappa shape index (κ3) is 4.24. The number of hydrogen-bond donors (Lipinski definition) is 2. The van der Waals surface area contributed by atoms with Gasteiger partial charge < -0.3 is 15.0 Å². The van der Waals surface area contributed by atoms with Gasteiger partial charge in [0, 0.05) is 28.9 Å². The molecular formula is C29H22ClN7O3. The van der Waals surface area contributed by atoms with Crippen molar-refractivity contribution in [3.8, 4) is 22.8 Å². The average Bonchev–Trinajstić information content (AvgIpc) is 2.99. The Labute approximate surface area is 232 Å². The fourth-order valence-corrected chi connectivity index (χ4v) is 5.21. The zero-order chi connectivity index (χ0) is 27.8. The molecular weight excluding hydrogens is 530 g/mol. The molecule has 4 heterocycles. The number of aromatic nitrogens is 6. The molecule has 0 unspecified atom stereocenters. The lowest BCUT2D eigenvalue weighted by molar-refractivity contribution is 0.396. The van der Waals surface area contributed by atoms with Crippen molar-refractivity contribution in [2.45, 2.75) is 13.0 Å². The molecule has 1 atom stereocenters. The van der Waals surface area contributed by atoms with E-state index in [0.717, 1.165) is 0 Å². The van der Waals surface area contributed by atoms with Crippen LogP contribution in [0.2, 0.25) is 5.02 Å². The van der Waals surface area contributed by atoms with Crippen molar-refractivity contribution in [2.24, 2.45) is 0 Å². The van der Waals surface area contributed by atoms with Crippen molar-refractivity contribution >= 4 is 39.2 Å². The molecule has 40 heavy (non-hydrogen) atoms. The van der Waals surface area contributed by atoms with E-state index in [-0.39, 0.29) is 11.0 Å². The molecule has 0 saturated heterocycles. The van der Waals surface area contributed by atoms with Crippen LogP contribution in [0.5, 0.6) is 5.88 Å². The molecule has 10 nitrogen and oxygen atoms in total. The average molecular weight is 552 g/mol. The third-order valence-electron chi connectivity index (χ3n) is 6.62. The standard InChI is InChI=1S/C29H22ClN7O3/c1-16(36-28-24-21(38)11-12-31-27(24)34-15-35-28)26-25(30)19-10-6-9-18(20-13-33-22(40-2)14-32-20)23(19)29(39)37(26)17-7-4-3-5-8-17/h3-16H,1-2H3,(H2,31,34,35,36,38)/t16-/m0/s1. The lowest BCUT2D eigenvalue weighted by Gasteiger charge is -2.24. The second kappa shape index (κ2) is 10.2. The number of fused-ring (bicyclic) bond motifs is 2. The summed E-state index contributed by atoms with van der Waals surface area (Å²) in [5.74, 6) is 0.687. The fraction of sp³-hybridized carbons (Fsp3) is 0.103. The quantitative estimate of drug-likeness (QED) is 0.299. The van der Waals surface area contributed by atoms with E-state index in [1.54, 1.807) is 16.8 Å².